The molecule has 1 aliphatic rings. The van der Waals surface area contributed by atoms with E-state index in [0.29, 0.717) is 6.61 Å². The first-order chi connectivity index (χ1) is 6.34. The van der Waals surface area contributed by atoms with Crippen LogP contribution in [0.3, 0.4) is 0 Å². The summed E-state index contributed by atoms with van der Waals surface area (Å²) in [5.74, 6) is 0.930. The normalized spacial score (nSPS) is 20.2. The van der Waals surface area contributed by atoms with Crippen LogP contribution in [0.15, 0.2) is 24.4 Å². The molecule has 66 valence electrons. The van der Waals surface area contributed by atoms with E-state index in [-0.39, 0.29) is 6.04 Å². The molecular weight excluding hydrogens is 164 g/mol. The summed E-state index contributed by atoms with van der Waals surface area (Å²) in [6.45, 7) is 0.599. The Morgan fingerprint density at radius 1 is 1.46 bits per heavy atom. The Kier molecular flexibility index (Phi) is 1.21. The summed E-state index contributed by atoms with van der Waals surface area (Å²) in [5, 5.41) is 1.17. The number of ether oxygens (including phenoxy) is 1. The second kappa shape index (κ2) is 2.26. The second-order valence-electron chi connectivity index (χ2n) is 3.37. The zero-order valence-electron chi connectivity index (χ0n) is 7.08. The molecule has 0 fully saturated rings. The third-order valence-electron chi connectivity index (χ3n) is 2.50. The van der Waals surface area contributed by atoms with Crippen LogP contribution in [0.25, 0.3) is 10.9 Å². The summed E-state index contributed by atoms with van der Waals surface area (Å²) in [5.41, 5.74) is 8.10. The average Bonchev–Trinajstić information content (AvgIpc) is 2.70. The first-order valence-electron chi connectivity index (χ1n) is 4.34. The van der Waals surface area contributed by atoms with E-state index >= 15 is 0 Å². The molecule has 13 heavy (non-hydrogen) atoms. The van der Waals surface area contributed by atoms with Crippen LogP contribution in [-0.4, -0.2) is 11.6 Å². The Morgan fingerprint density at radius 2 is 2.38 bits per heavy atom. The fraction of sp³-hybridized carbons (Fsp3) is 0.200. The minimum absolute atomic E-state index is 0.0303. The van der Waals surface area contributed by atoms with Crippen LogP contribution < -0.4 is 10.5 Å². The summed E-state index contributed by atoms with van der Waals surface area (Å²) < 4.78 is 5.45. The summed E-state index contributed by atoms with van der Waals surface area (Å²) in [6.07, 6.45) is 1.92. The van der Waals surface area contributed by atoms with Crippen molar-refractivity contribution in [3.8, 4) is 5.75 Å². The minimum Gasteiger partial charge on any atom is -0.491 e. The highest BCUT2D eigenvalue weighted by atomic mass is 16.5. The van der Waals surface area contributed by atoms with Gasteiger partial charge in [-0.15, -0.1) is 0 Å². The lowest BCUT2D eigenvalue weighted by molar-refractivity contribution is 0.333. The van der Waals surface area contributed by atoms with E-state index in [4.69, 9.17) is 10.5 Å². The summed E-state index contributed by atoms with van der Waals surface area (Å²) >= 11 is 0. The Bertz CT molecular complexity index is 461. The molecule has 0 saturated carbocycles. The van der Waals surface area contributed by atoms with Crippen molar-refractivity contribution in [2.24, 2.45) is 5.73 Å². The van der Waals surface area contributed by atoms with E-state index in [1.165, 1.54) is 5.39 Å². The maximum Gasteiger partial charge on any atom is 0.125 e. The van der Waals surface area contributed by atoms with Crippen LogP contribution in [0.1, 0.15) is 11.6 Å². The number of fused-ring (bicyclic) bond motifs is 2. The Morgan fingerprint density at radius 3 is 3.31 bits per heavy atom. The molecule has 2 aromatic rings. The maximum absolute atomic E-state index is 5.87. The smallest absolute Gasteiger partial charge is 0.125 e. The van der Waals surface area contributed by atoms with Gasteiger partial charge in [0.25, 0.3) is 0 Å². The third-order valence-corrected chi connectivity index (χ3v) is 2.50. The van der Waals surface area contributed by atoms with Crippen molar-refractivity contribution in [3.63, 3.8) is 0 Å². The molecule has 0 saturated heterocycles. The molecule has 3 rings (SSSR count). The van der Waals surface area contributed by atoms with Gasteiger partial charge < -0.3 is 15.5 Å². The van der Waals surface area contributed by atoms with Gasteiger partial charge in [-0.1, -0.05) is 0 Å². The van der Waals surface area contributed by atoms with Crippen molar-refractivity contribution in [1.29, 1.82) is 0 Å². The highest BCUT2D eigenvalue weighted by Gasteiger charge is 2.20. The number of aromatic nitrogens is 1. The zero-order chi connectivity index (χ0) is 8.84. The van der Waals surface area contributed by atoms with Crippen LogP contribution in [0.5, 0.6) is 5.75 Å². The Balaban J connectivity index is 2.34. The molecule has 3 nitrogen and oxygen atoms in total. The Labute approximate surface area is 75.5 Å². The van der Waals surface area contributed by atoms with Crippen molar-refractivity contribution in [1.82, 2.24) is 4.98 Å². The van der Waals surface area contributed by atoms with Crippen molar-refractivity contribution < 1.29 is 4.74 Å². The first-order valence-corrected chi connectivity index (χ1v) is 4.34. The number of hydrogen-bond acceptors (Lipinski definition) is 2. The number of benzene rings is 1. The molecule has 1 aromatic heterocycles. The molecule has 0 unspecified atom stereocenters. The standard InChI is InChI=1S/C10H10N2O/c11-8-5-13-10-3-6-1-2-12-9(6)4-7(8)10/h1-4,8,12H,5,11H2/t8-/m0/s1. The molecule has 0 amide bonds. The molecule has 0 aliphatic carbocycles. The van der Waals surface area contributed by atoms with Crippen molar-refractivity contribution in [2.45, 2.75) is 6.04 Å². The van der Waals surface area contributed by atoms with Gasteiger partial charge >= 0.3 is 0 Å². The molecular formula is C10H10N2O. The van der Waals surface area contributed by atoms with Gasteiger partial charge in [0.15, 0.2) is 0 Å². The number of rotatable bonds is 0. The lowest BCUT2D eigenvalue weighted by Crippen LogP contribution is -2.10. The zero-order valence-corrected chi connectivity index (χ0v) is 7.08. The fourth-order valence-corrected chi connectivity index (χ4v) is 1.78. The van der Waals surface area contributed by atoms with Crippen LogP contribution in [0, 0.1) is 0 Å². The average molecular weight is 174 g/mol. The number of hydrogen-bond donors (Lipinski definition) is 2. The monoisotopic (exact) mass is 174 g/mol. The lowest BCUT2D eigenvalue weighted by Gasteiger charge is -2.00. The van der Waals surface area contributed by atoms with Gasteiger partial charge in [0.05, 0.1) is 6.04 Å². The quantitative estimate of drug-likeness (QED) is 0.636. The van der Waals surface area contributed by atoms with Crippen molar-refractivity contribution >= 4 is 10.9 Å². The van der Waals surface area contributed by atoms with Crippen LogP contribution in [-0.2, 0) is 0 Å². The molecule has 0 bridgehead atoms. The molecule has 1 aliphatic heterocycles. The first kappa shape index (κ1) is 6.97. The van der Waals surface area contributed by atoms with E-state index in [0.717, 1.165) is 16.8 Å². The van der Waals surface area contributed by atoms with Gasteiger partial charge in [0, 0.05) is 22.7 Å². The van der Waals surface area contributed by atoms with Crippen LogP contribution in [0.4, 0.5) is 0 Å². The molecule has 0 radical (unpaired) electrons. The predicted octanol–water partition coefficient (Wildman–Crippen LogP) is 1.56. The molecule has 2 heterocycles. The van der Waals surface area contributed by atoms with E-state index in [9.17, 15) is 0 Å². The molecule has 3 heteroatoms. The van der Waals surface area contributed by atoms with Crippen LogP contribution in [0.2, 0.25) is 0 Å². The largest absolute Gasteiger partial charge is 0.491 e. The van der Waals surface area contributed by atoms with Gasteiger partial charge in [0.2, 0.25) is 0 Å². The van der Waals surface area contributed by atoms with Gasteiger partial charge in [-0.25, -0.2) is 0 Å². The lowest BCUT2D eigenvalue weighted by atomic mass is 10.1. The topological polar surface area (TPSA) is 51.0 Å². The highest BCUT2D eigenvalue weighted by molar-refractivity contribution is 5.82. The molecule has 0 spiro atoms. The summed E-state index contributed by atoms with van der Waals surface area (Å²) in [6, 6.07) is 6.17. The summed E-state index contributed by atoms with van der Waals surface area (Å²) in [4.78, 5) is 3.16. The number of nitrogens with one attached hydrogen (secondary N) is 1. The summed E-state index contributed by atoms with van der Waals surface area (Å²) in [7, 11) is 0. The maximum atomic E-state index is 5.87. The SMILES string of the molecule is N[C@H]1COc2cc3cc[nH]c3cc21. The number of nitrogens with two attached hydrogens (primary N) is 1. The van der Waals surface area contributed by atoms with Crippen molar-refractivity contribution in [2.75, 3.05) is 6.61 Å². The third kappa shape index (κ3) is 0.876. The second-order valence-corrected chi connectivity index (χ2v) is 3.37. The van der Waals surface area contributed by atoms with Crippen LogP contribution >= 0.6 is 0 Å². The number of H-pyrrole nitrogens is 1. The molecule has 1 atom stereocenters. The minimum atomic E-state index is 0.0303. The van der Waals surface area contributed by atoms with E-state index in [2.05, 4.69) is 11.1 Å². The van der Waals surface area contributed by atoms with Gasteiger partial charge in [-0.05, 0) is 18.2 Å². The molecule has 1 aromatic carbocycles. The van der Waals surface area contributed by atoms with E-state index in [1.54, 1.807) is 0 Å². The van der Waals surface area contributed by atoms with E-state index in [1.807, 2.05) is 18.3 Å². The highest BCUT2D eigenvalue weighted by Crippen LogP contribution is 2.34. The van der Waals surface area contributed by atoms with Gasteiger partial charge in [-0.2, -0.15) is 0 Å². The van der Waals surface area contributed by atoms with Crippen molar-refractivity contribution in [3.05, 3.63) is 30.0 Å². The van der Waals surface area contributed by atoms with Gasteiger partial charge in [0.1, 0.15) is 12.4 Å². The Hall–Kier alpha value is -1.48. The molecule has 3 N–H and O–H groups in total. The van der Waals surface area contributed by atoms with E-state index < -0.39 is 0 Å². The fourth-order valence-electron chi connectivity index (χ4n) is 1.78. The van der Waals surface area contributed by atoms with Gasteiger partial charge in [-0.3, -0.25) is 0 Å². The predicted molar refractivity (Wildman–Crippen MR) is 50.7 cm³/mol. The number of aromatic amines is 1.